The van der Waals surface area contributed by atoms with Gasteiger partial charge in [0.05, 0.1) is 24.6 Å². The molecule has 5 rings (SSSR count). The smallest absolute Gasteiger partial charge is 0.407 e. The maximum atomic E-state index is 13.3. The van der Waals surface area contributed by atoms with Gasteiger partial charge in [0.15, 0.2) is 5.75 Å². The lowest BCUT2D eigenvalue weighted by molar-refractivity contribution is 0.0501. The topological polar surface area (TPSA) is 95.9 Å². The van der Waals surface area contributed by atoms with Crippen LogP contribution in [-0.2, 0) is 22.3 Å². The molecule has 1 N–H and O–H groups in total. The predicted molar refractivity (Wildman–Crippen MR) is 143 cm³/mol. The van der Waals surface area contributed by atoms with Crippen molar-refractivity contribution in [1.29, 1.82) is 0 Å². The second-order valence-electron chi connectivity index (χ2n) is 10.6. The summed E-state index contributed by atoms with van der Waals surface area (Å²) in [5.41, 5.74) is 1.98. The lowest BCUT2D eigenvalue weighted by Gasteiger charge is -2.21. The monoisotopic (exact) mass is 524 g/mol. The Hall–Kier alpha value is -3.33. The zero-order valence-corrected chi connectivity index (χ0v) is 22.6. The van der Waals surface area contributed by atoms with Gasteiger partial charge in [0.1, 0.15) is 11.2 Å². The molecule has 196 valence electrons. The molecule has 2 heterocycles. The van der Waals surface area contributed by atoms with Gasteiger partial charge in [-0.1, -0.05) is 0 Å². The Balaban J connectivity index is 1.49. The molecule has 0 aliphatic heterocycles. The van der Waals surface area contributed by atoms with Crippen LogP contribution in [0.4, 0.5) is 4.79 Å². The number of amides is 1. The first kappa shape index (κ1) is 25.3. The molecule has 9 heteroatoms. The first-order valence-corrected chi connectivity index (χ1v) is 13.5. The molecule has 2 aliphatic carbocycles. The zero-order chi connectivity index (χ0) is 26.5. The second kappa shape index (κ2) is 9.52. The number of ether oxygens (including phenoxy) is 3. The number of carbonyl (C=O) groups excluding carboxylic acids is 2. The van der Waals surface area contributed by atoms with E-state index in [9.17, 15) is 14.4 Å². The number of thiophene rings is 1. The number of rotatable bonds is 6. The second-order valence-corrected chi connectivity index (χ2v) is 11.7. The van der Waals surface area contributed by atoms with Gasteiger partial charge in [0.25, 0.3) is 0 Å². The number of benzene rings is 1. The Morgan fingerprint density at radius 2 is 1.95 bits per heavy atom. The Labute approximate surface area is 219 Å². The van der Waals surface area contributed by atoms with Crippen molar-refractivity contribution in [2.45, 2.75) is 71.1 Å². The van der Waals surface area contributed by atoms with E-state index < -0.39 is 17.7 Å². The zero-order valence-electron chi connectivity index (χ0n) is 21.8. The molecule has 1 aromatic carbocycles. The summed E-state index contributed by atoms with van der Waals surface area (Å²) in [6, 6.07) is 6.05. The molecular formula is C28H32N2O6S. The van der Waals surface area contributed by atoms with Crippen molar-refractivity contribution in [1.82, 2.24) is 9.88 Å². The quantitative estimate of drug-likeness (QED) is 0.443. The molecule has 1 saturated carbocycles. The van der Waals surface area contributed by atoms with Crippen LogP contribution in [-0.4, -0.2) is 42.0 Å². The van der Waals surface area contributed by atoms with Crippen LogP contribution in [0.25, 0.3) is 21.3 Å². The van der Waals surface area contributed by atoms with Crippen molar-refractivity contribution in [2.75, 3.05) is 13.7 Å². The summed E-state index contributed by atoms with van der Waals surface area (Å²) < 4.78 is 18.5. The lowest BCUT2D eigenvalue weighted by Crippen LogP contribution is -2.39. The average molecular weight is 525 g/mol. The maximum Gasteiger partial charge on any atom is 0.407 e. The number of alkyl carbamates (subject to hydrolysis) is 1. The summed E-state index contributed by atoms with van der Waals surface area (Å²) in [4.78, 5) is 40.2. The molecule has 1 unspecified atom stereocenters. The summed E-state index contributed by atoms with van der Waals surface area (Å²) in [7, 11) is 1.61. The number of esters is 1. The number of hydrogen-bond acceptors (Lipinski definition) is 7. The van der Waals surface area contributed by atoms with Crippen LogP contribution in [0.3, 0.4) is 0 Å². The molecule has 3 aromatic rings. The lowest BCUT2D eigenvalue weighted by atomic mass is 10.0. The van der Waals surface area contributed by atoms with Gasteiger partial charge in [-0.25, -0.2) is 9.59 Å². The van der Waals surface area contributed by atoms with Gasteiger partial charge < -0.3 is 24.1 Å². The van der Waals surface area contributed by atoms with E-state index in [1.54, 1.807) is 37.6 Å². The minimum absolute atomic E-state index is 0.00462. The van der Waals surface area contributed by atoms with Gasteiger partial charge >= 0.3 is 12.1 Å². The fourth-order valence-electron chi connectivity index (χ4n) is 4.90. The van der Waals surface area contributed by atoms with E-state index in [-0.39, 0.29) is 29.7 Å². The summed E-state index contributed by atoms with van der Waals surface area (Å²) >= 11 is 1.67. The van der Waals surface area contributed by atoms with E-state index in [1.807, 2.05) is 31.4 Å². The predicted octanol–water partition coefficient (Wildman–Crippen LogP) is 5.24. The molecule has 0 radical (unpaired) electrons. The number of hydrogen-bond donors (Lipinski definition) is 1. The summed E-state index contributed by atoms with van der Waals surface area (Å²) in [6.07, 6.45) is 4.67. The Morgan fingerprint density at radius 3 is 2.57 bits per heavy atom. The number of methoxy groups -OCH3 is 1. The van der Waals surface area contributed by atoms with Crippen molar-refractivity contribution < 1.29 is 23.8 Å². The van der Waals surface area contributed by atoms with Crippen molar-refractivity contribution in [2.24, 2.45) is 0 Å². The molecule has 1 amide bonds. The van der Waals surface area contributed by atoms with Gasteiger partial charge in [-0.3, -0.25) is 4.79 Å². The Bertz CT molecular complexity index is 1420. The fraction of sp³-hybridized carbons (Fsp3) is 0.464. The van der Waals surface area contributed by atoms with Crippen molar-refractivity contribution in [3.8, 4) is 16.2 Å². The van der Waals surface area contributed by atoms with Crippen LogP contribution in [0.5, 0.6) is 5.75 Å². The standard InChI is InChI=1S/C28H32N2O6S/c1-6-35-26(32)20-14-30(17-7-8-17)23-19(24(20)31)10-9-18(25(23)34-5)22-12-15-11-16(13-21(15)37-22)29-27(33)36-28(2,3)4/h9-10,12,14,16-17H,6-8,11,13H2,1-5H3,(H,29,33). The molecule has 0 saturated heterocycles. The molecule has 2 aliphatic rings. The van der Waals surface area contributed by atoms with Gasteiger partial charge in [0, 0.05) is 40.0 Å². The van der Waals surface area contributed by atoms with E-state index >= 15 is 0 Å². The third-order valence-corrected chi connectivity index (χ3v) is 7.80. The Morgan fingerprint density at radius 1 is 1.19 bits per heavy atom. The highest BCUT2D eigenvalue weighted by Crippen LogP contribution is 2.45. The van der Waals surface area contributed by atoms with Gasteiger partial charge in [-0.05, 0) is 70.7 Å². The summed E-state index contributed by atoms with van der Waals surface area (Å²) in [5, 5.41) is 3.42. The third kappa shape index (κ3) is 4.97. The van der Waals surface area contributed by atoms with E-state index in [2.05, 4.69) is 11.4 Å². The molecule has 1 atom stereocenters. The normalized spacial score (nSPS) is 16.9. The molecular weight excluding hydrogens is 492 g/mol. The average Bonchev–Trinajstić information content (AvgIpc) is 3.49. The highest BCUT2D eigenvalue weighted by molar-refractivity contribution is 7.15. The van der Waals surface area contributed by atoms with Gasteiger partial charge in [-0.2, -0.15) is 0 Å². The maximum absolute atomic E-state index is 13.3. The van der Waals surface area contributed by atoms with Crippen LogP contribution >= 0.6 is 11.3 Å². The number of fused-ring (bicyclic) bond motifs is 2. The van der Waals surface area contributed by atoms with Crippen LogP contribution in [0.15, 0.2) is 29.2 Å². The van der Waals surface area contributed by atoms with Crippen LogP contribution in [0.1, 0.15) is 67.4 Å². The molecule has 8 nitrogen and oxygen atoms in total. The summed E-state index contributed by atoms with van der Waals surface area (Å²) in [6.45, 7) is 7.48. The van der Waals surface area contributed by atoms with Gasteiger partial charge in [0.2, 0.25) is 5.43 Å². The minimum Gasteiger partial charge on any atom is -0.494 e. The van der Waals surface area contributed by atoms with Crippen molar-refractivity contribution in [3.63, 3.8) is 0 Å². The van der Waals surface area contributed by atoms with Crippen molar-refractivity contribution in [3.05, 3.63) is 50.6 Å². The van der Waals surface area contributed by atoms with Crippen LogP contribution in [0.2, 0.25) is 0 Å². The molecule has 0 bridgehead atoms. The number of nitrogens with zero attached hydrogens (tertiary/aromatic N) is 1. The number of pyridine rings is 1. The van der Waals surface area contributed by atoms with E-state index in [0.29, 0.717) is 16.7 Å². The minimum atomic E-state index is -0.601. The number of carbonyl (C=O) groups is 2. The largest absolute Gasteiger partial charge is 0.494 e. The van der Waals surface area contributed by atoms with E-state index in [4.69, 9.17) is 14.2 Å². The summed E-state index contributed by atoms with van der Waals surface area (Å²) in [5.74, 6) is 0.0244. The fourth-order valence-corrected chi connectivity index (χ4v) is 6.19. The molecule has 37 heavy (non-hydrogen) atoms. The molecule has 0 spiro atoms. The first-order chi connectivity index (χ1) is 17.6. The van der Waals surface area contributed by atoms with E-state index in [0.717, 1.165) is 36.1 Å². The van der Waals surface area contributed by atoms with Crippen LogP contribution < -0.4 is 15.5 Å². The molecule has 2 aromatic heterocycles. The molecule has 1 fully saturated rings. The van der Waals surface area contributed by atoms with Gasteiger partial charge in [-0.15, -0.1) is 11.3 Å². The number of aromatic nitrogens is 1. The van der Waals surface area contributed by atoms with Crippen molar-refractivity contribution >= 4 is 34.3 Å². The Kier molecular flexibility index (Phi) is 6.52. The highest BCUT2D eigenvalue weighted by Gasteiger charge is 2.31. The SMILES string of the molecule is CCOC(=O)c1cn(C2CC2)c2c(OC)c(-c3cc4c(s3)CC(NC(=O)OC(C)(C)C)C4)ccc2c1=O. The third-order valence-electron chi connectivity index (χ3n) is 6.57. The first-order valence-electron chi connectivity index (χ1n) is 12.6. The number of nitrogens with one attached hydrogen (secondary N) is 1. The highest BCUT2D eigenvalue weighted by atomic mass is 32.1. The van der Waals surface area contributed by atoms with E-state index in [1.165, 1.54) is 10.4 Å². The van der Waals surface area contributed by atoms with Crippen LogP contribution in [0, 0.1) is 0 Å².